The number of rotatable bonds is 7. The molecule has 0 aliphatic carbocycles. The Hall–Kier alpha value is -2.05. The zero-order valence-corrected chi connectivity index (χ0v) is 16.7. The van der Waals surface area contributed by atoms with Crippen LogP contribution in [0.5, 0.6) is 0 Å². The van der Waals surface area contributed by atoms with E-state index in [1.54, 1.807) is 41.3 Å². The van der Waals surface area contributed by atoms with E-state index in [1.807, 2.05) is 20.8 Å². The fourth-order valence-corrected chi connectivity index (χ4v) is 4.31. The number of nitrogens with zero attached hydrogens (tertiary/aromatic N) is 2. The lowest BCUT2D eigenvalue weighted by molar-refractivity contribution is -0.129. The molecule has 0 aliphatic heterocycles. The van der Waals surface area contributed by atoms with E-state index in [0.717, 1.165) is 9.87 Å². The van der Waals surface area contributed by atoms with Crippen molar-refractivity contribution in [3.8, 4) is 0 Å². The highest BCUT2D eigenvalue weighted by molar-refractivity contribution is 7.92. The van der Waals surface area contributed by atoms with Crippen molar-refractivity contribution in [3.05, 3.63) is 59.1 Å². The first-order chi connectivity index (χ1) is 12.3. The van der Waals surface area contributed by atoms with Crippen LogP contribution in [0.4, 0.5) is 5.69 Å². The molecule has 0 spiro atoms. The van der Waals surface area contributed by atoms with Crippen LogP contribution in [0.2, 0.25) is 5.02 Å². The summed E-state index contributed by atoms with van der Waals surface area (Å²) in [5.74, 6) is -0.273. The molecule has 0 aliphatic rings. The third-order valence-electron chi connectivity index (χ3n) is 4.13. The van der Waals surface area contributed by atoms with Crippen LogP contribution in [0, 0.1) is 6.92 Å². The number of para-hydroxylation sites is 1. The van der Waals surface area contributed by atoms with E-state index in [9.17, 15) is 13.2 Å². The Labute approximate surface area is 160 Å². The molecule has 2 aromatic carbocycles. The molecule has 0 aromatic heterocycles. The predicted octanol–water partition coefficient (Wildman–Crippen LogP) is 3.71. The maximum absolute atomic E-state index is 13.2. The van der Waals surface area contributed by atoms with Crippen LogP contribution in [0.15, 0.2) is 53.4 Å². The molecule has 0 saturated heterocycles. The molecule has 2 rings (SSSR count). The number of halogens is 1. The van der Waals surface area contributed by atoms with Crippen molar-refractivity contribution in [1.82, 2.24) is 4.90 Å². The van der Waals surface area contributed by atoms with Gasteiger partial charge in [-0.1, -0.05) is 41.4 Å². The molecule has 0 saturated carbocycles. The second kappa shape index (κ2) is 8.56. The molecule has 5 nitrogen and oxygen atoms in total. The molecule has 2 aromatic rings. The first-order valence-electron chi connectivity index (χ1n) is 8.43. The molecule has 0 fully saturated rings. The van der Waals surface area contributed by atoms with Crippen molar-refractivity contribution in [2.24, 2.45) is 0 Å². The second-order valence-corrected chi connectivity index (χ2v) is 8.11. The van der Waals surface area contributed by atoms with Crippen LogP contribution < -0.4 is 4.31 Å². The minimum atomic E-state index is -3.94. The minimum Gasteiger partial charge on any atom is -0.342 e. The Morgan fingerprint density at radius 2 is 1.58 bits per heavy atom. The lowest BCUT2D eigenvalue weighted by Gasteiger charge is -2.28. The van der Waals surface area contributed by atoms with Gasteiger partial charge in [0.1, 0.15) is 6.54 Å². The molecule has 0 atom stereocenters. The van der Waals surface area contributed by atoms with Crippen LogP contribution >= 0.6 is 11.6 Å². The monoisotopic (exact) mass is 394 g/mol. The number of hydrogen-bond donors (Lipinski definition) is 0. The first-order valence-corrected chi connectivity index (χ1v) is 10.2. The lowest BCUT2D eigenvalue weighted by atomic mass is 10.2. The van der Waals surface area contributed by atoms with Crippen LogP contribution in [-0.2, 0) is 14.8 Å². The van der Waals surface area contributed by atoms with E-state index in [-0.39, 0.29) is 28.1 Å². The van der Waals surface area contributed by atoms with E-state index in [1.165, 1.54) is 12.1 Å². The largest absolute Gasteiger partial charge is 0.342 e. The average Bonchev–Trinajstić information content (AvgIpc) is 2.62. The Morgan fingerprint density at radius 3 is 2.12 bits per heavy atom. The summed E-state index contributed by atoms with van der Waals surface area (Å²) < 4.78 is 27.5. The number of hydrogen-bond acceptors (Lipinski definition) is 3. The molecule has 0 radical (unpaired) electrons. The summed E-state index contributed by atoms with van der Waals surface area (Å²) in [7, 11) is -3.94. The zero-order chi connectivity index (χ0) is 19.3. The second-order valence-electron chi connectivity index (χ2n) is 5.84. The van der Waals surface area contributed by atoms with Gasteiger partial charge in [-0.05, 0) is 45.0 Å². The van der Waals surface area contributed by atoms with Crippen molar-refractivity contribution < 1.29 is 13.2 Å². The molecule has 1 amide bonds. The highest BCUT2D eigenvalue weighted by atomic mass is 35.5. The predicted molar refractivity (Wildman–Crippen MR) is 105 cm³/mol. The van der Waals surface area contributed by atoms with Gasteiger partial charge in [0.05, 0.1) is 15.6 Å². The number of aryl methyl sites for hydroxylation is 1. The van der Waals surface area contributed by atoms with Crippen LogP contribution in [0.25, 0.3) is 0 Å². The quantitative estimate of drug-likeness (QED) is 0.719. The van der Waals surface area contributed by atoms with Crippen molar-refractivity contribution >= 4 is 33.2 Å². The van der Waals surface area contributed by atoms with Gasteiger partial charge in [0.25, 0.3) is 10.0 Å². The van der Waals surface area contributed by atoms with Crippen LogP contribution in [0.3, 0.4) is 0 Å². The topological polar surface area (TPSA) is 57.7 Å². The number of sulfonamides is 1. The molecule has 0 unspecified atom stereocenters. The van der Waals surface area contributed by atoms with Gasteiger partial charge < -0.3 is 4.90 Å². The smallest absolute Gasteiger partial charge is 0.264 e. The van der Waals surface area contributed by atoms with Gasteiger partial charge in [-0.2, -0.15) is 0 Å². The molecule has 0 bridgehead atoms. The average molecular weight is 395 g/mol. The minimum absolute atomic E-state index is 0.121. The van der Waals surface area contributed by atoms with Gasteiger partial charge in [0, 0.05) is 13.1 Å². The molecule has 140 valence electrons. The number of benzene rings is 2. The third-order valence-corrected chi connectivity index (χ3v) is 6.22. The summed E-state index contributed by atoms with van der Waals surface area (Å²) in [6, 6.07) is 13.1. The van der Waals surface area contributed by atoms with Gasteiger partial charge in [-0.15, -0.1) is 0 Å². The molecule has 26 heavy (non-hydrogen) atoms. The van der Waals surface area contributed by atoms with Crippen molar-refractivity contribution in [1.29, 1.82) is 0 Å². The fourth-order valence-electron chi connectivity index (χ4n) is 2.59. The molecular weight excluding hydrogens is 372 g/mol. The summed E-state index contributed by atoms with van der Waals surface area (Å²) in [5, 5.41) is 0.274. The number of anilines is 1. The van der Waals surface area contributed by atoms with E-state index < -0.39 is 10.0 Å². The van der Waals surface area contributed by atoms with Crippen molar-refractivity contribution in [2.45, 2.75) is 25.7 Å². The Kier molecular flexibility index (Phi) is 6.67. The Bertz CT molecular complexity index is 863. The maximum atomic E-state index is 13.2. The lowest BCUT2D eigenvalue weighted by Crippen LogP contribution is -2.43. The van der Waals surface area contributed by atoms with E-state index in [4.69, 9.17) is 11.6 Å². The number of carbonyl (C=O) groups excluding carboxylic acids is 1. The Balaban J connectivity index is 2.51. The number of amides is 1. The van der Waals surface area contributed by atoms with Gasteiger partial charge in [-0.25, -0.2) is 8.42 Å². The fraction of sp³-hybridized carbons (Fsp3) is 0.316. The van der Waals surface area contributed by atoms with Gasteiger partial charge in [-0.3, -0.25) is 9.10 Å². The summed E-state index contributed by atoms with van der Waals surface area (Å²) in [6.45, 7) is 6.31. The standard InChI is InChI=1S/C19H23ClN2O3S/c1-4-21(5-2)19(23)14-22(18-9-7-6-8-17(18)20)26(24,25)16-12-10-15(3)11-13-16/h6-13H,4-5,14H2,1-3H3. The van der Waals surface area contributed by atoms with Crippen molar-refractivity contribution in [2.75, 3.05) is 23.9 Å². The van der Waals surface area contributed by atoms with E-state index in [2.05, 4.69) is 0 Å². The van der Waals surface area contributed by atoms with E-state index >= 15 is 0 Å². The van der Waals surface area contributed by atoms with Crippen LogP contribution in [0.1, 0.15) is 19.4 Å². The summed E-state index contributed by atoms with van der Waals surface area (Å²) in [5.41, 5.74) is 1.24. The van der Waals surface area contributed by atoms with Gasteiger partial charge in [0.15, 0.2) is 0 Å². The molecule has 7 heteroatoms. The first kappa shape index (κ1) is 20.3. The molecule has 0 heterocycles. The normalized spacial score (nSPS) is 11.2. The molecule has 0 N–H and O–H groups in total. The number of carbonyl (C=O) groups is 1. The highest BCUT2D eigenvalue weighted by Crippen LogP contribution is 2.30. The number of likely N-dealkylation sites (N-methyl/N-ethyl adjacent to an activating group) is 1. The zero-order valence-electron chi connectivity index (χ0n) is 15.1. The van der Waals surface area contributed by atoms with E-state index in [0.29, 0.717) is 13.1 Å². The Morgan fingerprint density at radius 1 is 1.00 bits per heavy atom. The van der Waals surface area contributed by atoms with Gasteiger partial charge in [0.2, 0.25) is 5.91 Å². The summed E-state index contributed by atoms with van der Waals surface area (Å²) in [6.07, 6.45) is 0. The molecular formula is C19H23ClN2O3S. The highest BCUT2D eigenvalue weighted by Gasteiger charge is 2.29. The van der Waals surface area contributed by atoms with Crippen molar-refractivity contribution in [3.63, 3.8) is 0 Å². The summed E-state index contributed by atoms with van der Waals surface area (Å²) >= 11 is 6.24. The SMILES string of the molecule is CCN(CC)C(=O)CN(c1ccccc1Cl)S(=O)(=O)c1ccc(C)cc1. The van der Waals surface area contributed by atoms with Crippen LogP contribution in [-0.4, -0.2) is 38.9 Å². The maximum Gasteiger partial charge on any atom is 0.264 e. The summed E-state index contributed by atoms with van der Waals surface area (Å²) in [4.78, 5) is 14.3. The van der Waals surface area contributed by atoms with Gasteiger partial charge >= 0.3 is 0 Å². The third kappa shape index (κ3) is 4.37.